The van der Waals surface area contributed by atoms with Crippen molar-refractivity contribution in [3.63, 3.8) is 0 Å². The number of hydrogen-bond donors (Lipinski definition) is 0. The van der Waals surface area contributed by atoms with Crippen molar-refractivity contribution in [2.24, 2.45) is 0 Å². The second kappa shape index (κ2) is 11.7. The van der Waals surface area contributed by atoms with Crippen molar-refractivity contribution in [2.45, 2.75) is 12.8 Å². The van der Waals surface area contributed by atoms with E-state index in [-0.39, 0.29) is 0 Å². The van der Waals surface area contributed by atoms with Crippen LogP contribution < -0.4 is 9.64 Å². The summed E-state index contributed by atoms with van der Waals surface area (Å²) < 4.78 is 7.33. The minimum absolute atomic E-state index is 0.856. The zero-order valence-electron chi connectivity index (χ0n) is 21.5. The minimum Gasteiger partial charge on any atom is -0.462 e. The van der Waals surface area contributed by atoms with Crippen LogP contribution in [0.25, 0.3) is 22.3 Å². The maximum atomic E-state index is 6.14. The Morgan fingerprint density at radius 2 is 1.21 bits per heavy atom. The van der Waals surface area contributed by atoms with Gasteiger partial charge in [-0.3, -0.25) is 0 Å². The van der Waals surface area contributed by atoms with Crippen LogP contribution in [0.4, 0.5) is 17.1 Å². The molecular formula is C36H28INO. The van der Waals surface area contributed by atoms with Crippen molar-refractivity contribution in [3.05, 3.63) is 155 Å². The number of hydrogen-bond acceptors (Lipinski definition) is 2. The van der Waals surface area contributed by atoms with Gasteiger partial charge in [0.25, 0.3) is 0 Å². The molecule has 1 aliphatic carbocycles. The summed E-state index contributed by atoms with van der Waals surface area (Å²) in [6, 6.07) is 45.1. The highest BCUT2D eigenvalue weighted by atomic mass is 127. The van der Waals surface area contributed by atoms with E-state index < -0.39 is 0 Å². The molecule has 0 N–H and O–H groups in total. The molecule has 0 aliphatic heterocycles. The molecule has 0 atom stereocenters. The lowest BCUT2D eigenvalue weighted by atomic mass is 9.98. The van der Waals surface area contributed by atoms with Gasteiger partial charge in [-0.2, -0.15) is 0 Å². The predicted octanol–water partition coefficient (Wildman–Crippen LogP) is 10.7. The zero-order valence-corrected chi connectivity index (χ0v) is 23.7. The average molecular weight is 618 g/mol. The maximum absolute atomic E-state index is 6.14. The van der Waals surface area contributed by atoms with Crippen LogP contribution in [0.1, 0.15) is 12.8 Å². The number of ether oxygens (including phenoxy) is 1. The molecule has 0 spiro atoms. The van der Waals surface area contributed by atoms with Crippen LogP contribution in [0.5, 0.6) is 5.75 Å². The molecule has 39 heavy (non-hydrogen) atoms. The first-order valence-electron chi connectivity index (χ1n) is 13.2. The molecule has 6 rings (SSSR count). The lowest BCUT2D eigenvalue weighted by molar-refractivity contribution is 0.403. The normalized spacial score (nSPS) is 12.6. The second-order valence-electron chi connectivity index (χ2n) is 9.51. The zero-order chi connectivity index (χ0) is 26.4. The quantitative estimate of drug-likeness (QED) is 0.169. The van der Waals surface area contributed by atoms with E-state index in [9.17, 15) is 0 Å². The highest BCUT2D eigenvalue weighted by molar-refractivity contribution is 14.1. The van der Waals surface area contributed by atoms with E-state index in [1.165, 1.54) is 25.8 Å². The lowest BCUT2D eigenvalue weighted by Gasteiger charge is -2.26. The minimum atomic E-state index is 0.856. The van der Waals surface area contributed by atoms with Crippen LogP contribution in [-0.4, -0.2) is 0 Å². The first-order valence-corrected chi connectivity index (χ1v) is 14.3. The third-order valence-electron chi connectivity index (χ3n) is 6.79. The summed E-state index contributed by atoms with van der Waals surface area (Å²) in [6.45, 7) is 0. The summed E-state index contributed by atoms with van der Waals surface area (Å²) in [5, 5.41) is 0. The summed E-state index contributed by atoms with van der Waals surface area (Å²) in [7, 11) is 0. The summed E-state index contributed by atoms with van der Waals surface area (Å²) >= 11 is 2.38. The molecule has 0 saturated carbocycles. The number of allylic oxidation sites excluding steroid dienone is 4. The van der Waals surface area contributed by atoms with Crippen molar-refractivity contribution in [3.8, 4) is 28.0 Å². The second-order valence-corrected chi connectivity index (χ2v) is 10.8. The fraction of sp³-hybridized carbons (Fsp3) is 0.0556. The van der Waals surface area contributed by atoms with Crippen LogP contribution in [0.2, 0.25) is 0 Å². The van der Waals surface area contributed by atoms with Gasteiger partial charge in [-0.15, -0.1) is 0 Å². The molecule has 0 saturated heterocycles. The standard InChI is InChI=1S/C36H28INO/c37-31-15-9-17-34(26-31)38(32-20-22-36(23-21-32)39-35-18-5-2-6-19-35)33-16-8-14-30(25-33)29-13-7-12-28(24-29)27-10-3-1-4-11-27/h1-5,7-18,20-26H,6,19H2. The predicted molar refractivity (Wildman–Crippen MR) is 172 cm³/mol. The van der Waals surface area contributed by atoms with E-state index in [1.54, 1.807) is 0 Å². The monoisotopic (exact) mass is 617 g/mol. The smallest absolute Gasteiger partial charge is 0.127 e. The van der Waals surface area contributed by atoms with Gasteiger partial charge in [0.2, 0.25) is 0 Å². The van der Waals surface area contributed by atoms with Gasteiger partial charge in [0.15, 0.2) is 0 Å². The fourth-order valence-electron chi connectivity index (χ4n) is 4.88. The van der Waals surface area contributed by atoms with Crippen LogP contribution in [0.15, 0.2) is 151 Å². The SMILES string of the molecule is Ic1cccc(N(c2ccc(OC3=CC=CCC3)cc2)c2cccc(-c3cccc(-c4ccccc4)c3)c2)c1. The molecule has 0 bridgehead atoms. The molecule has 0 fully saturated rings. The van der Waals surface area contributed by atoms with Crippen LogP contribution in [0.3, 0.4) is 0 Å². The van der Waals surface area contributed by atoms with Gasteiger partial charge < -0.3 is 9.64 Å². The van der Waals surface area contributed by atoms with Gasteiger partial charge in [0.1, 0.15) is 11.5 Å². The van der Waals surface area contributed by atoms with Gasteiger partial charge in [-0.05, 0) is 118 Å². The Morgan fingerprint density at radius 3 is 1.92 bits per heavy atom. The van der Waals surface area contributed by atoms with E-state index in [1.807, 2.05) is 6.08 Å². The van der Waals surface area contributed by atoms with Crippen molar-refractivity contribution in [2.75, 3.05) is 4.90 Å². The summed E-state index contributed by atoms with van der Waals surface area (Å²) in [6.07, 6.45) is 8.24. The van der Waals surface area contributed by atoms with Crippen molar-refractivity contribution < 1.29 is 4.74 Å². The number of halogens is 1. The number of nitrogens with zero attached hydrogens (tertiary/aromatic N) is 1. The largest absolute Gasteiger partial charge is 0.462 e. The van der Waals surface area contributed by atoms with Crippen LogP contribution in [0, 0.1) is 3.57 Å². The summed E-state index contributed by atoms with van der Waals surface area (Å²) in [5.41, 5.74) is 8.11. The molecule has 2 nitrogen and oxygen atoms in total. The average Bonchev–Trinajstić information content (AvgIpc) is 3.00. The molecule has 1 aliphatic rings. The number of benzene rings is 5. The van der Waals surface area contributed by atoms with E-state index in [4.69, 9.17) is 4.74 Å². The van der Waals surface area contributed by atoms with E-state index in [2.05, 4.69) is 167 Å². The van der Waals surface area contributed by atoms with E-state index in [0.29, 0.717) is 0 Å². The molecule has 0 unspecified atom stereocenters. The molecule has 3 heteroatoms. The van der Waals surface area contributed by atoms with Crippen LogP contribution >= 0.6 is 22.6 Å². The molecule has 5 aromatic rings. The van der Waals surface area contributed by atoms with Crippen molar-refractivity contribution in [1.82, 2.24) is 0 Å². The Kier molecular flexibility index (Phi) is 7.59. The number of anilines is 3. The summed E-state index contributed by atoms with van der Waals surface area (Å²) in [4.78, 5) is 2.30. The molecule has 0 amide bonds. The number of rotatable bonds is 7. The highest BCUT2D eigenvalue weighted by Crippen LogP contribution is 2.38. The highest BCUT2D eigenvalue weighted by Gasteiger charge is 2.15. The third-order valence-corrected chi connectivity index (χ3v) is 7.46. The molecule has 0 radical (unpaired) electrons. The Morgan fingerprint density at radius 1 is 0.564 bits per heavy atom. The van der Waals surface area contributed by atoms with Gasteiger partial charge in [0, 0.05) is 27.1 Å². The first kappa shape index (κ1) is 25.2. The van der Waals surface area contributed by atoms with Gasteiger partial charge >= 0.3 is 0 Å². The van der Waals surface area contributed by atoms with Crippen LogP contribution in [-0.2, 0) is 0 Å². The Labute approximate surface area is 244 Å². The first-order chi connectivity index (χ1) is 19.2. The molecule has 5 aromatic carbocycles. The Bertz CT molecular complexity index is 1640. The molecule has 190 valence electrons. The molecule has 0 heterocycles. The Balaban J connectivity index is 1.36. The van der Waals surface area contributed by atoms with Crippen molar-refractivity contribution >= 4 is 39.7 Å². The van der Waals surface area contributed by atoms with E-state index >= 15 is 0 Å². The van der Waals surface area contributed by atoms with Crippen molar-refractivity contribution in [1.29, 1.82) is 0 Å². The maximum Gasteiger partial charge on any atom is 0.127 e. The third kappa shape index (κ3) is 5.99. The lowest BCUT2D eigenvalue weighted by Crippen LogP contribution is -2.10. The topological polar surface area (TPSA) is 12.5 Å². The Hall–Kier alpha value is -4.09. The van der Waals surface area contributed by atoms with Gasteiger partial charge in [-0.1, -0.05) is 78.9 Å². The molecular weight excluding hydrogens is 589 g/mol. The van der Waals surface area contributed by atoms with Gasteiger partial charge in [0.05, 0.1) is 0 Å². The fourth-order valence-corrected chi connectivity index (χ4v) is 5.40. The molecule has 0 aromatic heterocycles. The summed E-state index contributed by atoms with van der Waals surface area (Å²) in [5.74, 6) is 1.86. The van der Waals surface area contributed by atoms with E-state index in [0.717, 1.165) is 41.4 Å². The van der Waals surface area contributed by atoms with Gasteiger partial charge in [-0.25, -0.2) is 0 Å².